The third kappa shape index (κ3) is 5.22. The Labute approximate surface area is 159 Å². The number of ether oxygens (including phenoxy) is 2. The highest BCUT2D eigenvalue weighted by Gasteiger charge is 2.24. The third-order valence-electron chi connectivity index (χ3n) is 4.44. The molecule has 2 rings (SSSR count). The van der Waals surface area contributed by atoms with Gasteiger partial charge in [-0.2, -0.15) is 0 Å². The topological polar surface area (TPSA) is 59.0 Å². The van der Waals surface area contributed by atoms with Crippen molar-refractivity contribution >= 4 is 17.3 Å². The third-order valence-corrected chi connectivity index (χ3v) is 5.42. The summed E-state index contributed by atoms with van der Waals surface area (Å²) in [4.78, 5) is 14.9. The summed E-state index contributed by atoms with van der Waals surface area (Å²) >= 11 is 1.46. The van der Waals surface area contributed by atoms with Crippen molar-refractivity contribution in [2.24, 2.45) is 0 Å². The van der Waals surface area contributed by atoms with Gasteiger partial charge in [-0.15, -0.1) is 11.3 Å². The molecule has 1 aromatic heterocycles. The molecule has 1 heterocycles. The first-order valence-corrected chi connectivity index (χ1v) is 9.75. The Morgan fingerprint density at radius 2 is 2.00 bits per heavy atom. The van der Waals surface area contributed by atoms with Crippen molar-refractivity contribution in [3.05, 3.63) is 46.2 Å². The molecule has 1 aromatic carbocycles. The molecule has 0 fully saturated rings. The summed E-state index contributed by atoms with van der Waals surface area (Å²) in [5.74, 6) is -0.140. The van der Waals surface area contributed by atoms with Crippen LogP contribution in [0, 0.1) is 0 Å². The highest BCUT2D eigenvalue weighted by atomic mass is 32.1. The largest absolute Gasteiger partial charge is 0.493 e. The van der Waals surface area contributed by atoms with Crippen molar-refractivity contribution in [3.63, 3.8) is 0 Å². The second kappa shape index (κ2) is 10.2. The van der Waals surface area contributed by atoms with Gasteiger partial charge in [-0.05, 0) is 42.6 Å². The molecule has 0 saturated carbocycles. The number of para-hydroxylation sites is 1. The zero-order valence-electron chi connectivity index (χ0n) is 15.6. The zero-order valence-corrected chi connectivity index (χ0v) is 16.4. The molecule has 0 aliphatic rings. The van der Waals surface area contributed by atoms with E-state index in [-0.39, 0.29) is 0 Å². The van der Waals surface area contributed by atoms with Crippen LogP contribution in [0.15, 0.2) is 35.7 Å². The van der Waals surface area contributed by atoms with Crippen molar-refractivity contribution < 1.29 is 19.4 Å². The molecular weight excluding hydrogens is 350 g/mol. The van der Waals surface area contributed by atoms with Crippen LogP contribution in [-0.2, 0) is 11.2 Å². The number of aliphatic carboxylic acids is 1. The molecule has 0 spiro atoms. The van der Waals surface area contributed by atoms with Crippen LogP contribution < -0.4 is 9.47 Å². The number of thiophene rings is 1. The van der Waals surface area contributed by atoms with Crippen molar-refractivity contribution in [2.45, 2.75) is 26.2 Å². The SMILES string of the molecule is CCN(CC)CCOc1c(CC(C(=O)O)c2cccs2)cccc1OC. The normalized spacial score (nSPS) is 12.2. The lowest BCUT2D eigenvalue weighted by Crippen LogP contribution is -2.28. The molecular formula is C20H27NO4S. The number of nitrogens with zero attached hydrogens (tertiary/aromatic N) is 1. The molecule has 0 aliphatic carbocycles. The molecule has 1 N–H and O–H groups in total. The van der Waals surface area contributed by atoms with Gasteiger partial charge in [-0.1, -0.05) is 32.0 Å². The Morgan fingerprint density at radius 3 is 2.58 bits per heavy atom. The van der Waals surface area contributed by atoms with Gasteiger partial charge < -0.3 is 19.5 Å². The molecule has 0 bridgehead atoms. The van der Waals surface area contributed by atoms with Gasteiger partial charge in [0.1, 0.15) is 6.61 Å². The van der Waals surface area contributed by atoms with E-state index in [2.05, 4.69) is 18.7 Å². The first kappa shape index (κ1) is 20.3. The molecule has 0 radical (unpaired) electrons. The molecule has 5 nitrogen and oxygen atoms in total. The summed E-state index contributed by atoms with van der Waals surface area (Å²) < 4.78 is 11.5. The minimum Gasteiger partial charge on any atom is -0.493 e. The Bertz CT molecular complexity index is 683. The van der Waals surface area contributed by atoms with E-state index >= 15 is 0 Å². The van der Waals surface area contributed by atoms with Crippen LogP contribution in [0.3, 0.4) is 0 Å². The average Bonchev–Trinajstić information content (AvgIpc) is 3.17. The average molecular weight is 378 g/mol. The Kier molecular flexibility index (Phi) is 7.94. The minimum atomic E-state index is -0.829. The van der Waals surface area contributed by atoms with Crippen LogP contribution in [0.1, 0.15) is 30.2 Å². The van der Waals surface area contributed by atoms with Crippen LogP contribution in [0.4, 0.5) is 0 Å². The summed E-state index contributed by atoms with van der Waals surface area (Å²) in [6, 6.07) is 9.38. The number of carboxylic acids is 1. The summed E-state index contributed by atoms with van der Waals surface area (Å²) in [7, 11) is 1.60. The number of rotatable bonds is 11. The smallest absolute Gasteiger partial charge is 0.312 e. The van der Waals surface area contributed by atoms with Crippen LogP contribution in [0.25, 0.3) is 0 Å². The summed E-state index contributed by atoms with van der Waals surface area (Å²) in [5.41, 5.74) is 0.852. The van der Waals surface area contributed by atoms with Crippen molar-refractivity contribution in [3.8, 4) is 11.5 Å². The molecule has 0 amide bonds. The number of likely N-dealkylation sites (N-methyl/N-ethyl adjacent to an activating group) is 1. The quantitative estimate of drug-likeness (QED) is 0.644. The molecule has 6 heteroatoms. The number of methoxy groups -OCH3 is 1. The summed E-state index contributed by atoms with van der Waals surface area (Å²) in [5, 5.41) is 11.6. The summed E-state index contributed by atoms with van der Waals surface area (Å²) in [6.07, 6.45) is 0.369. The van der Waals surface area contributed by atoms with Gasteiger partial charge in [0.15, 0.2) is 11.5 Å². The van der Waals surface area contributed by atoms with E-state index in [4.69, 9.17) is 9.47 Å². The first-order chi connectivity index (χ1) is 12.6. The standard InChI is InChI=1S/C20H27NO4S/c1-4-21(5-2)11-12-25-19-15(8-6-9-17(19)24-3)14-16(20(22)23)18-10-7-13-26-18/h6-10,13,16H,4-5,11-12,14H2,1-3H3,(H,22,23). The zero-order chi connectivity index (χ0) is 18.9. The Hall–Kier alpha value is -2.05. The van der Waals surface area contributed by atoms with Crippen LogP contribution in [0.2, 0.25) is 0 Å². The molecule has 0 aliphatic heterocycles. The molecule has 26 heavy (non-hydrogen) atoms. The fourth-order valence-corrected chi connectivity index (χ4v) is 3.70. The van der Waals surface area contributed by atoms with E-state index in [9.17, 15) is 9.90 Å². The van der Waals surface area contributed by atoms with Gasteiger partial charge in [0.25, 0.3) is 0 Å². The lowest BCUT2D eigenvalue weighted by Gasteiger charge is -2.21. The number of hydrogen-bond acceptors (Lipinski definition) is 5. The minimum absolute atomic E-state index is 0.369. The molecule has 2 aromatic rings. The van der Waals surface area contributed by atoms with Gasteiger partial charge in [-0.3, -0.25) is 4.79 Å². The predicted octanol–water partition coefficient (Wildman–Crippen LogP) is 3.89. The highest BCUT2D eigenvalue weighted by molar-refractivity contribution is 7.10. The van der Waals surface area contributed by atoms with Gasteiger partial charge in [0.2, 0.25) is 0 Å². The maximum Gasteiger partial charge on any atom is 0.312 e. The highest BCUT2D eigenvalue weighted by Crippen LogP contribution is 2.35. The van der Waals surface area contributed by atoms with Gasteiger partial charge >= 0.3 is 5.97 Å². The van der Waals surface area contributed by atoms with Crippen LogP contribution in [-0.4, -0.2) is 49.3 Å². The van der Waals surface area contributed by atoms with Gasteiger partial charge in [0.05, 0.1) is 13.0 Å². The second-order valence-corrected chi connectivity index (χ2v) is 6.91. The number of benzene rings is 1. The fourth-order valence-electron chi connectivity index (χ4n) is 2.88. The van der Waals surface area contributed by atoms with Crippen molar-refractivity contribution in [1.29, 1.82) is 0 Å². The lowest BCUT2D eigenvalue weighted by molar-refractivity contribution is -0.138. The van der Waals surface area contributed by atoms with E-state index in [1.165, 1.54) is 11.3 Å². The predicted molar refractivity (Wildman–Crippen MR) is 105 cm³/mol. The monoisotopic (exact) mass is 377 g/mol. The number of carboxylic acid groups (broad SMARTS) is 1. The maximum atomic E-state index is 11.8. The van der Waals surface area contributed by atoms with E-state index in [0.29, 0.717) is 24.5 Å². The second-order valence-electron chi connectivity index (χ2n) is 5.93. The van der Waals surface area contributed by atoms with E-state index < -0.39 is 11.9 Å². The van der Waals surface area contributed by atoms with Crippen LogP contribution >= 0.6 is 11.3 Å². The van der Waals surface area contributed by atoms with Crippen molar-refractivity contribution in [2.75, 3.05) is 33.4 Å². The molecule has 0 saturated heterocycles. The number of carbonyl (C=O) groups is 1. The van der Waals surface area contributed by atoms with Gasteiger partial charge in [0, 0.05) is 11.4 Å². The Morgan fingerprint density at radius 1 is 1.23 bits per heavy atom. The lowest BCUT2D eigenvalue weighted by atomic mass is 9.97. The van der Waals surface area contributed by atoms with Crippen LogP contribution in [0.5, 0.6) is 11.5 Å². The van der Waals surface area contributed by atoms with Crippen molar-refractivity contribution in [1.82, 2.24) is 4.90 Å². The number of hydrogen-bond donors (Lipinski definition) is 1. The maximum absolute atomic E-state index is 11.8. The van der Waals surface area contributed by atoms with E-state index in [1.807, 2.05) is 35.7 Å². The molecule has 1 unspecified atom stereocenters. The first-order valence-electron chi connectivity index (χ1n) is 8.87. The fraction of sp³-hybridized carbons (Fsp3) is 0.450. The summed E-state index contributed by atoms with van der Waals surface area (Å²) in [6.45, 7) is 7.53. The van der Waals surface area contributed by atoms with Gasteiger partial charge in [-0.25, -0.2) is 0 Å². The molecule has 1 atom stereocenters. The Balaban J connectivity index is 2.20. The van der Waals surface area contributed by atoms with E-state index in [1.54, 1.807) is 7.11 Å². The van der Waals surface area contributed by atoms with E-state index in [0.717, 1.165) is 30.1 Å². The molecule has 142 valence electrons.